The molecule has 0 aromatic heterocycles. The Morgan fingerprint density at radius 2 is 1.24 bits per heavy atom. The highest BCUT2D eigenvalue weighted by atomic mass is 19.3. The van der Waals surface area contributed by atoms with E-state index >= 15 is 0 Å². The maximum atomic E-state index is 14.6. The molecule has 1 unspecified atom stereocenters. The maximum Gasteiger partial charge on any atom is 0.336 e. The lowest BCUT2D eigenvalue weighted by atomic mass is 9.77. The molecule has 0 saturated carbocycles. The number of carbonyl (C=O) groups excluding carboxylic acids is 8. The van der Waals surface area contributed by atoms with Crippen molar-refractivity contribution >= 4 is 47.9 Å². The van der Waals surface area contributed by atoms with Gasteiger partial charge in [0.25, 0.3) is 0 Å². The lowest BCUT2D eigenvalue weighted by Crippen LogP contribution is -2.36. The van der Waals surface area contributed by atoms with E-state index in [-0.39, 0.29) is 49.5 Å². The molecule has 0 amide bonds. The number of Topliss-reactive ketones (excluding diaryl/α,β-unsaturated/α-hetero) is 1. The van der Waals surface area contributed by atoms with Crippen molar-refractivity contribution in [3.05, 3.63) is 104 Å². The Balaban J connectivity index is 0.00000108. The van der Waals surface area contributed by atoms with Crippen LogP contribution < -0.4 is 11.1 Å². The minimum Gasteiger partial charge on any atom is -0.466 e. The Morgan fingerprint density at radius 3 is 1.71 bits per heavy atom. The van der Waals surface area contributed by atoms with Gasteiger partial charge in [0.2, 0.25) is 12.9 Å². The Labute approximate surface area is 393 Å². The van der Waals surface area contributed by atoms with Gasteiger partial charge in [-0.05, 0) is 37.1 Å². The van der Waals surface area contributed by atoms with Crippen molar-refractivity contribution in [1.29, 1.82) is 0 Å². The summed E-state index contributed by atoms with van der Waals surface area (Å²) in [6.07, 6.45) is -7.22. The van der Waals surface area contributed by atoms with E-state index in [0.29, 0.717) is 18.2 Å². The molecule has 0 spiro atoms. The monoisotopic (exact) mass is 1020 g/mol. The number of hydrogen-bond acceptors (Lipinski definition) is 16. The van der Waals surface area contributed by atoms with E-state index in [1.807, 2.05) is 0 Å². The second-order valence-corrected chi connectivity index (χ2v) is 13.4. The Morgan fingerprint density at radius 1 is 0.714 bits per heavy atom. The highest BCUT2D eigenvalue weighted by molar-refractivity contribution is 6.00. The highest BCUT2D eigenvalue weighted by Gasteiger charge is 2.42. The first-order valence-corrected chi connectivity index (χ1v) is 19.9. The van der Waals surface area contributed by atoms with Crippen LogP contribution in [-0.2, 0) is 74.8 Å². The Bertz CT molecular complexity index is 2270. The van der Waals surface area contributed by atoms with Crippen molar-refractivity contribution < 1.29 is 111 Å². The molecule has 2 aromatic rings. The van der Waals surface area contributed by atoms with Crippen molar-refractivity contribution in [3.8, 4) is 0 Å². The molecule has 1 heterocycles. The van der Waals surface area contributed by atoms with Crippen LogP contribution in [0, 0.1) is 23.3 Å². The molecule has 1 aliphatic rings. The van der Waals surface area contributed by atoms with Crippen molar-refractivity contribution in [3.63, 3.8) is 0 Å². The summed E-state index contributed by atoms with van der Waals surface area (Å²) in [6.45, 7) is 2.23. The summed E-state index contributed by atoms with van der Waals surface area (Å²) in [6, 6.07) is 2.24. The van der Waals surface area contributed by atoms with Crippen LogP contribution in [0.2, 0.25) is 0 Å². The third-order valence-electron chi connectivity index (χ3n) is 8.27. The molecule has 2 aromatic carbocycles. The SMILES string of the molecule is CCOC(=O)C1=C(COC(C)=O)NC(CF)=C(C(=O)OC)C1c1cc(F)cc(F)c1CC(F)F.CCOC(=O)CC(=O)COC(C)=O.COC(=O)/C=C(\N)CF.O=Cc1cc(F)cc(F)c1CC(F)F. The molecule has 0 aliphatic carbocycles. The molecule has 0 radical (unpaired) electrons. The molecule has 1 atom stereocenters. The fraction of sp³-hybridized carbons (Fsp3) is 0.409. The number of esters is 6. The molecule has 0 bridgehead atoms. The first-order chi connectivity index (χ1) is 32.8. The normalized spacial score (nSPS) is 12.9. The molecule has 0 saturated heterocycles. The number of ether oxygens (including phenoxy) is 6. The van der Waals surface area contributed by atoms with Crippen LogP contribution in [0.15, 0.2) is 58.6 Å². The van der Waals surface area contributed by atoms with E-state index in [9.17, 15) is 82.3 Å². The number of alkyl halides is 6. The molecule has 70 heavy (non-hydrogen) atoms. The number of ketones is 1. The molecular weight excluding hydrogens is 970 g/mol. The number of carbonyl (C=O) groups is 8. The largest absolute Gasteiger partial charge is 0.466 e. The first-order valence-electron chi connectivity index (χ1n) is 19.9. The van der Waals surface area contributed by atoms with Crippen LogP contribution in [0.25, 0.3) is 0 Å². The van der Waals surface area contributed by atoms with Crippen molar-refractivity contribution in [2.45, 2.75) is 65.7 Å². The Hall–Kier alpha value is -7.28. The highest BCUT2D eigenvalue weighted by Crippen LogP contribution is 2.42. The molecular formula is C44H48F10N2O14. The summed E-state index contributed by atoms with van der Waals surface area (Å²) in [5.74, 6) is -11.7. The summed E-state index contributed by atoms with van der Waals surface area (Å²) < 4.78 is 158. The summed E-state index contributed by atoms with van der Waals surface area (Å²) >= 11 is 0. The number of benzene rings is 2. The second kappa shape index (κ2) is 32.5. The van der Waals surface area contributed by atoms with E-state index in [1.54, 1.807) is 6.92 Å². The third kappa shape index (κ3) is 22.2. The molecule has 3 N–H and O–H groups in total. The van der Waals surface area contributed by atoms with E-state index in [0.717, 1.165) is 26.2 Å². The van der Waals surface area contributed by atoms with Gasteiger partial charge >= 0.3 is 35.8 Å². The number of dihydropyridines is 1. The number of methoxy groups -OCH3 is 2. The molecule has 1 aliphatic heterocycles. The van der Waals surface area contributed by atoms with Crippen molar-refractivity contribution in [2.24, 2.45) is 5.73 Å². The summed E-state index contributed by atoms with van der Waals surface area (Å²) in [5, 5.41) is 2.47. The smallest absolute Gasteiger partial charge is 0.336 e. The fourth-order valence-corrected chi connectivity index (χ4v) is 5.52. The lowest BCUT2D eigenvalue weighted by Gasteiger charge is -2.32. The number of halogens is 10. The van der Waals surface area contributed by atoms with Crippen LogP contribution >= 0.6 is 0 Å². The van der Waals surface area contributed by atoms with Gasteiger partial charge in [-0.1, -0.05) is 0 Å². The van der Waals surface area contributed by atoms with Crippen LogP contribution in [0.1, 0.15) is 67.1 Å². The summed E-state index contributed by atoms with van der Waals surface area (Å²) in [7, 11) is 2.14. The fourth-order valence-electron chi connectivity index (χ4n) is 5.52. The van der Waals surface area contributed by atoms with E-state index < -0.39 is 150 Å². The number of allylic oxidation sites excluding steroid dienone is 2. The second-order valence-electron chi connectivity index (χ2n) is 13.4. The van der Waals surface area contributed by atoms with E-state index in [2.05, 4.69) is 24.3 Å². The zero-order valence-electron chi connectivity index (χ0n) is 38.1. The minimum absolute atomic E-state index is 0.123. The van der Waals surface area contributed by atoms with Crippen molar-refractivity contribution in [2.75, 3.05) is 54.0 Å². The molecule has 0 fully saturated rings. The topological polar surface area (TPSA) is 230 Å². The van der Waals surface area contributed by atoms with Crippen LogP contribution in [0.4, 0.5) is 43.9 Å². The van der Waals surface area contributed by atoms with E-state index in [1.165, 1.54) is 21.0 Å². The molecule has 3 rings (SSSR count). The van der Waals surface area contributed by atoms with E-state index in [4.69, 9.17) is 15.2 Å². The average molecular weight is 1020 g/mol. The minimum atomic E-state index is -3.08. The summed E-state index contributed by atoms with van der Waals surface area (Å²) in [5.41, 5.74) is 0.962. The van der Waals surface area contributed by atoms with Gasteiger partial charge in [-0.3, -0.25) is 24.0 Å². The zero-order chi connectivity index (χ0) is 53.8. The van der Waals surface area contributed by atoms with Crippen LogP contribution in [0.5, 0.6) is 0 Å². The number of aldehydes is 1. The molecule has 16 nitrogen and oxygen atoms in total. The zero-order valence-corrected chi connectivity index (χ0v) is 38.1. The van der Waals surface area contributed by atoms with Crippen LogP contribution in [0.3, 0.4) is 0 Å². The van der Waals surface area contributed by atoms with Gasteiger partial charge in [0.15, 0.2) is 18.7 Å². The van der Waals surface area contributed by atoms with Gasteiger partial charge in [0, 0.05) is 61.7 Å². The maximum absolute atomic E-state index is 14.6. The predicted molar refractivity (Wildman–Crippen MR) is 222 cm³/mol. The average Bonchev–Trinajstić information content (AvgIpc) is 3.28. The molecule has 388 valence electrons. The number of hydrogen-bond donors (Lipinski definition) is 2. The predicted octanol–water partition coefficient (Wildman–Crippen LogP) is 5.86. The number of nitrogens with two attached hydrogens (primary N) is 1. The van der Waals surface area contributed by atoms with Crippen LogP contribution in [-0.4, -0.2) is 115 Å². The third-order valence-corrected chi connectivity index (χ3v) is 8.27. The van der Waals surface area contributed by atoms with Gasteiger partial charge in [-0.25, -0.2) is 58.3 Å². The Kier molecular flexibility index (Phi) is 29.1. The number of nitrogens with one attached hydrogen (secondary N) is 1. The molecule has 26 heteroatoms. The summed E-state index contributed by atoms with van der Waals surface area (Å²) in [4.78, 5) is 89.3. The lowest BCUT2D eigenvalue weighted by molar-refractivity contribution is -0.151. The van der Waals surface area contributed by atoms with Gasteiger partial charge in [0.05, 0.1) is 55.9 Å². The van der Waals surface area contributed by atoms with Crippen molar-refractivity contribution in [1.82, 2.24) is 5.32 Å². The van der Waals surface area contributed by atoms with Gasteiger partial charge in [-0.15, -0.1) is 0 Å². The first kappa shape index (κ1) is 62.7. The van der Waals surface area contributed by atoms with Gasteiger partial charge in [0.1, 0.15) is 49.6 Å². The quantitative estimate of drug-likeness (QED) is 0.0419. The van der Waals surface area contributed by atoms with Gasteiger partial charge in [-0.2, -0.15) is 0 Å². The van der Waals surface area contributed by atoms with Gasteiger partial charge < -0.3 is 39.5 Å². The number of rotatable bonds is 19. The standard InChI is InChI=1S/C22H22F5NO6.C9H6F4O.C8H12O5.C5H8FNO2/c1-4-33-22(31)20-16(9-34-10(2)29)28-15(8-23)19(21(30)32-3)18(20)13-5-11(24)6-14(25)12(13)7-17(26)27;10-6-1-5(4-14)7(3-9(12)13)8(11)2-6;1-3-12-8(11)4-7(10)5-13-6(2)9;1-9-5(8)2-4(7)3-6/h5-6,17-18,28H,4,7-9H2,1-3H3;1-2,4,9H,3H2;3-5H2,1-2H3;2H,3,7H2,1H3/b;;;4-2-.